The molecule has 0 saturated carbocycles. The van der Waals surface area contributed by atoms with Gasteiger partial charge in [-0.25, -0.2) is 9.47 Å². The summed E-state index contributed by atoms with van der Waals surface area (Å²) in [5.74, 6) is 5.37. The molecule has 174 valence electrons. The number of nitrogens with one attached hydrogen (secondary N) is 1. The van der Waals surface area contributed by atoms with Gasteiger partial charge in [-0.3, -0.25) is 9.59 Å². The molecule has 11 nitrogen and oxygen atoms in total. The first-order valence-corrected chi connectivity index (χ1v) is 11.4. The highest BCUT2D eigenvalue weighted by molar-refractivity contribution is 7.99. The second kappa shape index (κ2) is 10.4. The lowest BCUT2D eigenvalue weighted by Gasteiger charge is -2.07. The van der Waals surface area contributed by atoms with Gasteiger partial charge in [-0.05, 0) is 43.7 Å². The normalized spacial score (nSPS) is 10.6. The summed E-state index contributed by atoms with van der Waals surface area (Å²) in [5.41, 5.74) is 6.58. The van der Waals surface area contributed by atoms with Crippen molar-refractivity contribution < 1.29 is 23.9 Å². The molecule has 0 bridgehead atoms. The number of anilines is 1. The van der Waals surface area contributed by atoms with Crippen LogP contribution in [0, 0.1) is 6.92 Å². The van der Waals surface area contributed by atoms with Gasteiger partial charge >= 0.3 is 5.97 Å². The van der Waals surface area contributed by atoms with Gasteiger partial charge in [-0.2, -0.15) is 0 Å². The summed E-state index contributed by atoms with van der Waals surface area (Å²) in [6, 6.07) is 7.13. The highest BCUT2D eigenvalue weighted by Crippen LogP contribution is 2.34. The van der Waals surface area contributed by atoms with Crippen LogP contribution in [0.4, 0.5) is 5.00 Å². The number of hydrogen-bond donors (Lipinski definition) is 3. The number of ether oxygens (including phenoxy) is 2. The van der Waals surface area contributed by atoms with E-state index in [0.717, 1.165) is 28.7 Å². The van der Waals surface area contributed by atoms with Gasteiger partial charge in [0.25, 0.3) is 5.91 Å². The third kappa shape index (κ3) is 5.26. The maximum Gasteiger partial charge on any atom is 0.341 e. The molecule has 0 spiro atoms. The molecule has 13 heteroatoms. The summed E-state index contributed by atoms with van der Waals surface area (Å²) in [4.78, 5) is 36.8. The van der Waals surface area contributed by atoms with Crippen LogP contribution in [0.1, 0.15) is 32.5 Å². The number of primary amides is 1. The Morgan fingerprint density at radius 3 is 2.52 bits per heavy atom. The predicted molar refractivity (Wildman–Crippen MR) is 125 cm³/mol. The SMILES string of the molecule is CCOC(=O)c1c(NC(=O)CSc2nnc(-c3ccc(OC)cc3)n2N)sc(C(N)=O)c1C. The maximum atomic E-state index is 12.6. The van der Waals surface area contributed by atoms with Crippen molar-refractivity contribution in [2.45, 2.75) is 19.0 Å². The highest BCUT2D eigenvalue weighted by atomic mass is 32.2. The van der Waals surface area contributed by atoms with Crippen molar-refractivity contribution >= 4 is 45.9 Å². The molecule has 2 aromatic heterocycles. The van der Waals surface area contributed by atoms with Gasteiger partial charge in [0.1, 0.15) is 10.8 Å². The van der Waals surface area contributed by atoms with Crippen molar-refractivity contribution in [2.24, 2.45) is 5.73 Å². The third-order valence-electron chi connectivity index (χ3n) is 4.45. The molecule has 0 saturated heterocycles. The molecule has 0 aliphatic rings. The van der Waals surface area contributed by atoms with Crippen LogP contribution < -0.4 is 21.6 Å². The molecule has 33 heavy (non-hydrogen) atoms. The minimum Gasteiger partial charge on any atom is -0.497 e. The molecular weight excluding hydrogens is 468 g/mol. The Bertz CT molecular complexity index is 1190. The van der Waals surface area contributed by atoms with Crippen molar-refractivity contribution in [3.8, 4) is 17.1 Å². The van der Waals surface area contributed by atoms with Gasteiger partial charge in [0.15, 0.2) is 5.82 Å². The molecule has 3 aromatic rings. The molecule has 0 unspecified atom stereocenters. The lowest BCUT2D eigenvalue weighted by Crippen LogP contribution is -2.18. The van der Waals surface area contributed by atoms with Gasteiger partial charge in [-0.15, -0.1) is 21.5 Å². The number of benzene rings is 1. The molecule has 2 heterocycles. The zero-order chi connectivity index (χ0) is 24.1. The monoisotopic (exact) mass is 490 g/mol. The van der Waals surface area contributed by atoms with Crippen molar-refractivity contribution in [3.05, 3.63) is 40.3 Å². The topological polar surface area (TPSA) is 164 Å². The fourth-order valence-electron chi connectivity index (χ4n) is 2.89. The van der Waals surface area contributed by atoms with E-state index in [9.17, 15) is 14.4 Å². The number of nitrogen functional groups attached to an aromatic ring is 1. The number of thiophene rings is 1. The zero-order valence-corrected chi connectivity index (χ0v) is 19.7. The van der Waals surface area contributed by atoms with Crippen LogP contribution >= 0.6 is 23.1 Å². The number of carbonyl (C=O) groups is 3. The predicted octanol–water partition coefficient (Wildman–Crippen LogP) is 2.04. The van der Waals surface area contributed by atoms with E-state index in [1.807, 2.05) is 0 Å². The summed E-state index contributed by atoms with van der Waals surface area (Å²) < 4.78 is 11.5. The number of aromatic nitrogens is 3. The molecular formula is C20H22N6O5S2. The van der Waals surface area contributed by atoms with Gasteiger partial charge in [0, 0.05) is 5.56 Å². The number of nitrogens with zero attached hydrogens (tertiary/aromatic N) is 3. The Hall–Kier alpha value is -3.58. The number of methoxy groups -OCH3 is 1. The van der Waals surface area contributed by atoms with E-state index < -0.39 is 17.8 Å². The summed E-state index contributed by atoms with van der Waals surface area (Å²) in [6.07, 6.45) is 0. The van der Waals surface area contributed by atoms with E-state index in [0.29, 0.717) is 22.3 Å². The fourth-order valence-corrected chi connectivity index (χ4v) is 4.61. The number of nitrogens with two attached hydrogens (primary N) is 2. The Labute approximate surface area is 197 Å². The molecule has 1 aromatic carbocycles. The van der Waals surface area contributed by atoms with E-state index in [1.165, 1.54) is 4.68 Å². The minimum atomic E-state index is -0.694. The number of hydrogen-bond acceptors (Lipinski definition) is 10. The molecule has 0 aliphatic heterocycles. The van der Waals surface area contributed by atoms with Crippen LogP contribution in [0.3, 0.4) is 0 Å². The van der Waals surface area contributed by atoms with Crippen LogP contribution in [-0.4, -0.2) is 52.1 Å². The quantitative estimate of drug-likeness (QED) is 0.231. The standard InChI is InChI=1S/C20H22N6O5S2/c1-4-31-19(29)14-10(2)15(16(21)28)33-18(14)23-13(27)9-32-20-25-24-17(26(20)22)11-5-7-12(30-3)8-6-11/h5-8H,4,9,22H2,1-3H3,(H2,21,28)(H,23,27). The number of thioether (sulfide) groups is 1. The molecule has 5 N–H and O–H groups in total. The summed E-state index contributed by atoms with van der Waals surface area (Å²) in [6.45, 7) is 3.38. The van der Waals surface area contributed by atoms with Crippen LogP contribution in [0.25, 0.3) is 11.4 Å². The second-order valence-corrected chi connectivity index (χ2v) is 8.55. The zero-order valence-electron chi connectivity index (χ0n) is 18.1. The van der Waals surface area contributed by atoms with E-state index in [-0.39, 0.29) is 27.8 Å². The molecule has 0 atom stereocenters. The number of rotatable bonds is 9. The van der Waals surface area contributed by atoms with Crippen LogP contribution in [-0.2, 0) is 9.53 Å². The van der Waals surface area contributed by atoms with Gasteiger partial charge < -0.3 is 26.4 Å². The fraction of sp³-hybridized carbons (Fsp3) is 0.250. The van der Waals surface area contributed by atoms with E-state index in [2.05, 4.69) is 15.5 Å². The Morgan fingerprint density at radius 1 is 1.21 bits per heavy atom. The summed E-state index contributed by atoms with van der Waals surface area (Å²) in [7, 11) is 1.57. The van der Waals surface area contributed by atoms with E-state index >= 15 is 0 Å². The lowest BCUT2D eigenvalue weighted by molar-refractivity contribution is -0.113. The largest absolute Gasteiger partial charge is 0.497 e. The second-order valence-electron chi connectivity index (χ2n) is 6.59. The smallest absolute Gasteiger partial charge is 0.341 e. The molecule has 0 radical (unpaired) electrons. The van der Waals surface area contributed by atoms with Gasteiger partial charge in [-0.1, -0.05) is 11.8 Å². The molecule has 2 amide bonds. The van der Waals surface area contributed by atoms with E-state index in [1.54, 1.807) is 45.2 Å². The first-order chi connectivity index (χ1) is 15.8. The lowest BCUT2D eigenvalue weighted by atomic mass is 10.1. The van der Waals surface area contributed by atoms with E-state index in [4.69, 9.17) is 21.1 Å². The van der Waals surface area contributed by atoms with Crippen molar-refractivity contribution in [3.63, 3.8) is 0 Å². The number of esters is 1. The first-order valence-electron chi connectivity index (χ1n) is 9.64. The highest BCUT2D eigenvalue weighted by Gasteiger charge is 2.26. The van der Waals surface area contributed by atoms with Crippen LogP contribution in [0.5, 0.6) is 5.75 Å². The number of carbonyl (C=O) groups excluding carboxylic acids is 3. The minimum absolute atomic E-state index is 0.0664. The summed E-state index contributed by atoms with van der Waals surface area (Å²) >= 11 is 1.99. The van der Waals surface area contributed by atoms with Crippen molar-refractivity contribution in [2.75, 3.05) is 30.6 Å². The van der Waals surface area contributed by atoms with Gasteiger partial charge in [0.2, 0.25) is 11.1 Å². The Balaban J connectivity index is 1.72. The van der Waals surface area contributed by atoms with Crippen molar-refractivity contribution in [1.29, 1.82) is 0 Å². The van der Waals surface area contributed by atoms with Crippen LogP contribution in [0.15, 0.2) is 29.4 Å². The summed E-state index contributed by atoms with van der Waals surface area (Å²) in [5, 5.41) is 11.3. The first kappa shape index (κ1) is 24.1. The maximum absolute atomic E-state index is 12.6. The van der Waals surface area contributed by atoms with Crippen molar-refractivity contribution in [1.82, 2.24) is 14.9 Å². The molecule has 0 fully saturated rings. The third-order valence-corrected chi connectivity index (χ3v) is 6.61. The molecule has 3 rings (SSSR count). The van der Waals surface area contributed by atoms with Crippen LogP contribution in [0.2, 0.25) is 0 Å². The number of amides is 2. The Kier molecular flexibility index (Phi) is 7.55. The Morgan fingerprint density at radius 2 is 1.91 bits per heavy atom. The van der Waals surface area contributed by atoms with Gasteiger partial charge in [0.05, 0.1) is 29.9 Å². The average molecular weight is 491 g/mol. The molecule has 0 aliphatic carbocycles. The average Bonchev–Trinajstić information content (AvgIpc) is 3.32.